The van der Waals surface area contributed by atoms with Gasteiger partial charge < -0.3 is 38.7 Å². The number of alkyl halides is 1. The van der Waals surface area contributed by atoms with Gasteiger partial charge in [-0.05, 0) is 64.7 Å². The van der Waals surface area contributed by atoms with Crippen molar-refractivity contribution in [3.05, 3.63) is 63.0 Å². The molecule has 0 spiro atoms. The average molecular weight is 810 g/mol. The van der Waals surface area contributed by atoms with E-state index in [1.165, 1.54) is 47.2 Å². The van der Waals surface area contributed by atoms with Crippen LogP contribution in [0.1, 0.15) is 92.5 Å². The van der Waals surface area contributed by atoms with Gasteiger partial charge in [0.1, 0.15) is 11.2 Å². The van der Waals surface area contributed by atoms with Gasteiger partial charge in [-0.2, -0.15) is 0 Å². The number of nitrogens with zero attached hydrogens (tertiary/aromatic N) is 3. The van der Waals surface area contributed by atoms with E-state index in [0.29, 0.717) is 39.7 Å². The summed E-state index contributed by atoms with van der Waals surface area (Å²) in [6, 6.07) is 6.93. The number of benzene rings is 2. The Morgan fingerprint density at radius 3 is 2.49 bits per heavy atom. The molecular weight excluding hydrogens is 762 g/mol. The van der Waals surface area contributed by atoms with Gasteiger partial charge in [0.2, 0.25) is 5.91 Å². The minimum Gasteiger partial charge on any atom is -0.465 e. The summed E-state index contributed by atoms with van der Waals surface area (Å²) >= 11 is 6.49. The predicted molar refractivity (Wildman–Crippen MR) is 212 cm³/mol. The number of aromatic amines is 1. The van der Waals surface area contributed by atoms with Crippen LogP contribution in [-0.2, 0) is 19.1 Å². The Hall–Kier alpha value is -5.64. The molecule has 2 aromatic heterocycles. The van der Waals surface area contributed by atoms with Crippen molar-refractivity contribution in [3.63, 3.8) is 0 Å². The van der Waals surface area contributed by atoms with Crippen molar-refractivity contribution in [2.45, 2.75) is 72.8 Å². The van der Waals surface area contributed by atoms with Gasteiger partial charge in [0.15, 0.2) is 11.5 Å². The van der Waals surface area contributed by atoms with Crippen molar-refractivity contribution < 1.29 is 47.5 Å². The second-order valence-corrected chi connectivity index (χ2v) is 15.7. The van der Waals surface area contributed by atoms with E-state index in [2.05, 4.69) is 10.3 Å². The molecule has 3 amide bonds. The van der Waals surface area contributed by atoms with Crippen molar-refractivity contribution in [2.24, 2.45) is 11.8 Å². The fourth-order valence-corrected chi connectivity index (χ4v) is 7.35. The highest BCUT2D eigenvalue weighted by molar-refractivity contribution is 6.20. The van der Waals surface area contributed by atoms with Gasteiger partial charge in [-0.1, -0.05) is 13.8 Å². The number of anilines is 1. The summed E-state index contributed by atoms with van der Waals surface area (Å²) in [7, 11) is 1.24. The Bertz CT molecular complexity index is 2220. The molecule has 16 nitrogen and oxygen atoms in total. The van der Waals surface area contributed by atoms with Crippen LogP contribution in [0, 0.1) is 28.9 Å². The molecule has 17 heteroatoms. The van der Waals surface area contributed by atoms with E-state index in [1.807, 2.05) is 13.8 Å². The largest absolute Gasteiger partial charge is 0.465 e. The minimum absolute atomic E-state index is 0.0112. The number of methoxy groups -OCH3 is 1. The molecule has 0 bridgehead atoms. The number of nitro benzene ring substituents is 1. The lowest BCUT2D eigenvalue weighted by Crippen LogP contribution is -2.42. The second kappa shape index (κ2) is 17.2. The highest BCUT2D eigenvalue weighted by Gasteiger charge is 2.39. The predicted octanol–water partition coefficient (Wildman–Crippen LogP) is 7.23. The molecule has 2 N–H and O–H groups in total. The molecule has 2 aromatic carbocycles. The minimum atomic E-state index is -0.768. The Kier molecular flexibility index (Phi) is 12.9. The number of esters is 2. The molecule has 0 saturated carbocycles. The van der Waals surface area contributed by atoms with Crippen LogP contribution >= 0.6 is 11.6 Å². The molecule has 2 atom stereocenters. The van der Waals surface area contributed by atoms with Crippen molar-refractivity contribution in [1.29, 1.82) is 0 Å². The van der Waals surface area contributed by atoms with Crippen molar-refractivity contribution in [2.75, 3.05) is 44.1 Å². The number of hydrogen-bond acceptors (Lipinski definition) is 11. The zero-order chi connectivity index (χ0) is 41.9. The average Bonchev–Trinajstić information content (AvgIpc) is 3.83. The molecule has 0 aliphatic carbocycles. The van der Waals surface area contributed by atoms with E-state index in [0.717, 1.165) is 0 Å². The molecule has 306 valence electrons. The van der Waals surface area contributed by atoms with Crippen LogP contribution < -0.4 is 15.0 Å². The van der Waals surface area contributed by atoms with Crippen molar-refractivity contribution in [1.82, 2.24) is 15.2 Å². The number of nitro groups is 1. The van der Waals surface area contributed by atoms with Gasteiger partial charge in [-0.3, -0.25) is 24.5 Å². The third kappa shape index (κ3) is 9.33. The molecule has 0 unspecified atom stereocenters. The summed E-state index contributed by atoms with van der Waals surface area (Å²) in [6.45, 7) is 13.0. The van der Waals surface area contributed by atoms with Crippen LogP contribution in [0.25, 0.3) is 21.9 Å². The van der Waals surface area contributed by atoms with Crippen LogP contribution in [0.3, 0.4) is 0 Å². The number of hydrogen-bond donors (Lipinski definition) is 2. The van der Waals surface area contributed by atoms with Crippen LogP contribution in [0.4, 0.5) is 16.2 Å². The molecule has 0 radical (unpaired) electrons. The zero-order valence-corrected chi connectivity index (χ0v) is 34.0. The fourth-order valence-electron chi connectivity index (χ4n) is 7.10. The quantitative estimate of drug-likeness (QED) is 0.0563. The molecule has 0 saturated heterocycles. The van der Waals surface area contributed by atoms with E-state index in [4.69, 9.17) is 30.2 Å². The normalized spacial score (nSPS) is 14.4. The van der Waals surface area contributed by atoms with Crippen LogP contribution in [-0.4, -0.2) is 89.4 Å². The molecule has 5 rings (SSSR count). The lowest BCUT2D eigenvalue weighted by molar-refractivity contribution is -0.384. The first-order valence-corrected chi connectivity index (χ1v) is 19.2. The zero-order valence-electron chi connectivity index (χ0n) is 33.3. The van der Waals surface area contributed by atoms with Crippen LogP contribution in [0.2, 0.25) is 0 Å². The number of rotatable bonds is 14. The van der Waals surface area contributed by atoms with Gasteiger partial charge in [0, 0.05) is 78.6 Å². The summed E-state index contributed by atoms with van der Waals surface area (Å²) in [5, 5.41) is 14.9. The Balaban J connectivity index is 1.44. The van der Waals surface area contributed by atoms with Gasteiger partial charge >= 0.3 is 18.0 Å². The van der Waals surface area contributed by atoms with Crippen LogP contribution in [0.5, 0.6) is 5.75 Å². The number of H-pyrrole nitrogens is 1. The number of aromatic nitrogens is 1. The third-order valence-electron chi connectivity index (χ3n) is 9.57. The Morgan fingerprint density at radius 2 is 1.88 bits per heavy atom. The van der Waals surface area contributed by atoms with Gasteiger partial charge in [0.05, 0.1) is 35.2 Å². The standard InChI is InChI=1S/C40H48ClN5O11/c1-9-44(13-12-42-36(48)24(14-21(2)3)17-31(47)57-40(5,6)7)39(51)56-29-18-27-33(34-32(38(50)54-8)22(4)43-35(29)34)25(19-41)20-45(27)37(49)30-16-23-15-26(46(52)53)10-11-28(23)55-30/h10-11,15-16,18,21,24-25,43H,9,12-14,17,19-20H2,1-8H3,(H,42,48)/t24-,25-/m1/s1. The maximum absolute atomic E-state index is 14.1. The topological polar surface area (TPSA) is 204 Å². The summed E-state index contributed by atoms with van der Waals surface area (Å²) in [5.41, 5.74) is 1.20. The summed E-state index contributed by atoms with van der Waals surface area (Å²) in [5.74, 6) is -3.02. The number of nitrogens with one attached hydrogen (secondary N) is 2. The number of furan rings is 1. The van der Waals surface area contributed by atoms with Crippen molar-refractivity contribution >= 4 is 74.7 Å². The van der Waals surface area contributed by atoms with Gasteiger partial charge in [-0.15, -0.1) is 11.6 Å². The van der Waals surface area contributed by atoms with E-state index in [-0.39, 0.29) is 78.6 Å². The van der Waals surface area contributed by atoms with Crippen molar-refractivity contribution in [3.8, 4) is 5.75 Å². The number of halogens is 1. The van der Waals surface area contributed by atoms with Crippen LogP contribution in [0.15, 0.2) is 34.7 Å². The number of fused-ring (bicyclic) bond motifs is 4. The molecular formula is C40H48ClN5O11. The Morgan fingerprint density at radius 1 is 1.16 bits per heavy atom. The van der Waals surface area contributed by atoms with E-state index in [9.17, 15) is 34.1 Å². The maximum Gasteiger partial charge on any atom is 0.415 e. The summed E-state index contributed by atoms with van der Waals surface area (Å²) in [4.78, 5) is 83.7. The van der Waals surface area contributed by atoms with Gasteiger partial charge in [0.25, 0.3) is 11.6 Å². The fraction of sp³-hybridized carbons (Fsp3) is 0.475. The lowest BCUT2D eigenvalue weighted by atomic mass is 9.93. The highest BCUT2D eigenvalue weighted by Crippen LogP contribution is 2.48. The SMILES string of the molecule is CCN(CCNC(=O)[C@@H](CC(=O)OC(C)(C)C)CC(C)C)C(=O)Oc1cc2c(c3c(C(=O)OC)c(C)[nH]c13)[C@H](CCl)CN2C(=O)c1cc2cc([N+](=O)[O-])ccc2o1. The number of aryl methyl sites for hydroxylation is 1. The summed E-state index contributed by atoms with van der Waals surface area (Å²) < 4.78 is 22.4. The maximum atomic E-state index is 14.1. The smallest absolute Gasteiger partial charge is 0.415 e. The Labute approximate surface area is 334 Å². The second-order valence-electron chi connectivity index (χ2n) is 15.4. The number of likely N-dealkylation sites (N-methyl/N-ethyl adjacent to an activating group) is 1. The first-order chi connectivity index (χ1) is 26.9. The molecule has 1 aliphatic heterocycles. The number of carbonyl (C=O) groups is 5. The number of non-ortho nitro benzene ring substituents is 1. The first kappa shape index (κ1) is 42.5. The third-order valence-corrected chi connectivity index (χ3v) is 9.94. The number of ether oxygens (including phenoxy) is 3. The van der Waals surface area contributed by atoms with E-state index < -0.39 is 46.3 Å². The lowest BCUT2D eigenvalue weighted by Gasteiger charge is -2.24. The number of amides is 3. The molecule has 4 aromatic rings. The van der Waals surface area contributed by atoms with Gasteiger partial charge in [-0.25, -0.2) is 9.59 Å². The molecule has 1 aliphatic rings. The highest BCUT2D eigenvalue weighted by atomic mass is 35.5. The molecule has 57 heavy (non-hydrogen) atoms. The number of carbonyl (C=O) groups excluding carboxylic acids is 5. The first-order valence-electron chi connectivity index (χ1n) is 18.7. The monoisotopic (exact) mass is 809 g/mol. The van der Waals surface area contributed by atoms with E-state index in [1.54, 1.807) is 34.6 Å². The molecule has 3 heterocycles. The molecule has 0 fully saturated rings. The van der Waals surface area contributed by atoms with E-state index >= 15 is 0 Å². The summed E-state index contributed by atoms with van der Waals surface area (Å²) in [6.07, 6.45) is -0.386.